The van der Waals surface area contributed by atoms with E-state index < -0.39 is 4.92 Å². The van der Waals surface area contributed by atoms with Crippen molar-refractivity contribution in [2.24, 2.45) is 0 Å². The van der Waals surface area contributed by atoms with Crippen molar-refractivity contribution in [3.8, 4) is 0 Å². The highest BCUT2D eigenvalue weighted by molar-refractivity contribution is 9.10. The van der Waals surface area contributed by atoms with Gasteiger partial charge in [0.15, 0.2) is 0 Å². The number of carbonyl (C=O) groups excluding carboxylic acids is 1. The maximum absolute atomic E-state index is 12.1. The molecular weight excluding hydrogens is 380 g/mol. The molecule has 4 rings (SSSR count). The Hall–Kier alpha value is -1.90. The zero-order chi connectivity index (χ0) is 17.3. The van der Waals surface area contributed by atoms with E-state index in [1.165, 1.54) is 6.07 Å². The molecule has 0 aliphatic carbocycles. The predicted molar refractivity (Wildman–Crippen MR) is 91.1 cm³/mol. The summed E-state index contributed by atoms with van der Waals surface area (Å²) in [6, 6.07) is 1.52. The van der Waals surface area contributed by atoms with Gasteiger partial charge in [0.25, 0.3) is 0 Å². The van der Waals surface area contributed by atoms with Gasteiger partial charge in [-0.05, 0) is 28.8 Å². The van der Waals surface area contributed by atoms with Gasteiger partial charge in [0.1, 0.15) is 0 Å². The van der Waals surface area contributed by atoms with Gasteiger partial charge in [-0.1, -0.05) is 13.3 Å². The minimum absolute atomic E-state index is 0.0252. The van der Waals surface area contributed by atoms with Crippen LogP contribution in [0.15, 0.2) is 16.7 Å². The summed E-state index contributed by atoms with van der Waals surface area (Å²) in [5.41, 5.74) is -0.0252. The molecular formula is C15H19BrN4O4. The van der Waals surface area contributed by atoms with Crippen molar-refractivity contribution in [2.75, 3.05) is 24.6 Å². The van der Waals surface area contributed by atoms with Crippen LogP contribution < -0.4 is 4.90 Å². The van der Waals surface area contributed by atoms with Crippen molar-refractivity contribution in [1.82, 2.24) is 9.88 Å². The molecule has 1 aromatic rings. The highest BCUT2D eigenvalue weighted by atomic mass is 79.9. The largest absolute Gasteiger partial charge is 0.449 e. The van der Waals surface area contributed by atoms with E-state index in [4.69, 9.17) is 4.74 Å². The normalized spacial score (nSPS) is 22.1. The Morgan fingerprint density at radius 1 is 1.50 bits per heavy atom. The summed E-state index contributed by atoms with van der Waals surface area (Å²) in [6.07, 6.45) is 4.02. The predicted octanol–water partition coefficient (Wildman–Crippen LogP) is 2.95. The van der Waals surface area contributed by atoms with E-state index in [9.17, 15) is 14.9 Å². The van der Waals surface area contributed by atoms with Gasteiger partial charge in [-0.3, -0.25) is 15.0 Å². The van der Waals surface area contributed by atoms with E-state index >= 15 is 0 Å². The number of ether oxygens (including phenoxy) is 1. The molecule has 130 valence electrons. The number of piperidine rings is 1. The van der Waals surface area contributed by atoms with Crippen molar-refractivity contribution in [1.29, 1.82) is 0 Å². The molecule has 1 amide bonds. The van der Waals surface area contributed by atoms with Crippen LogP contribution in [-0.4, -0.2) is 52.7 Å². The smallest absolute Gasteiger partial charge is 0.410 e. The number of halogens is 1. The Balaban J connectivity index is 1.68. The number of hydrogen-bond acceptors (Lipinski definition) is 6. The average molecular weight is 399 g/mol. The van der Waals surface area contributed by atoms with Crippen molar-refractivity contribution in [3.05, 3.63) is 26.9 Å². The SMILES string of the molecule is CCCCOC(=O)N1C2CC1CN(c1ncc(Br)cc1[N+](=O)[O-])C2. The summed E-state index contributed by atoms with van der Waals surface area (Å²) >= 11 is 3.21. The first-order valence-corrected chi connectivity index (χ1v) is 8.80. The Morgan fingerprint density at radius 2 is 2.21 bits per heavy atom. The highest BCUT2D eigenvalue weighted by Crippen LogP contribution is 2.37. The lowest BCUT2D eigenvalue weighted by atomic mass is 9.88. The van der Waals surface area contributed by atoms with E-state index in [0.717, 1.165) is 19.3 Å². The molecule has 9 heteroatoms. The Kier molecular flexibility index (Phi) is 4.88. The number of nitro groups is 1. The van der Waals surface area contributed by atoms with Crippen molar-refractivity contribution in [2.45, 2.75) is 38.3 Å². The van der Waals surface area contributed by atoms with Crippen molar-refractivity contribution >= 4 is 33.5 Å². The molecule has 0 aromatic carbocycles. The van der Waals surface area contributed by atoms with Crippen LogP contribution in [0, 0.1) is 10.1 Å². The zero-order valence-corrected chi connectivity index (χ0v) is 14.9. The second-order valence-corrected chi connectivity index (χ2v) is 6.99. The third-order valence-corrected chi connectivity index (χ3v) is 4.87. The van der Waals surface area contributed by atoms with Gasteiger partial charge in [-0.25, -0.2) is 9.78 Å². The summed E-state index contributed by atoms with van der Waals surface area (Å²) in [6.45, 7) is 3.56. The number of piperazine rings is 1. The molecule has 4 heterocycles. The van der Waals surface area contributed by atoms with E-state index in [0.29, 0.717) is 30.0 Å². The minimum Gasteiger partial charge on any atom is -0.449 e. The average Bonchev–Trinajstić information content (AvgIpc) is 2.54. The first-order chi connectivity index (χ1) is 11.5. The fourth-order valence-electron chi connectivity index (χ4n) is 3.26. The number of amides is 1. The Morgan fingerprint density at radius 3 is 2.83 bits per heavy atom. The molecule has 0 saturated carbocycles. The van der Waals surface area contributed by atoms with Crippen LogP contribution in [0.1, 0.15) is 26.2 Å². The quantitative estimate of drug-likeness (QED) is 0.430. The number of nitrogens with zero attached hydrogens (tertiary/aromatic N) is 4. The molecule has 2 atom stereocenters. The standard InChI is InChI=1S/C15H19BrN4O4/c1-2-3-4-24-15(21)19-11-6-12(19)9-18(8-11)14-13(20(22)23)5-10(16)7-17-14/h5,7,11-12H,2-4,6,8-9H2,1H3. The van der Waals surface area contributed by atoms with Gasteiger partial charge in [0.2, 0.25) is 5.82 Å². The maximum atomic E-state index is 12.1. The molecule has 3 aliphatic rings. The molecule has 0 radical (unpaired) electrons. The molecule has 3 aliphatic heterocycles. The van der Waals surface area contributed by atoms with Gasteiger partial charge in [-0.2, -0.15) is 0 Å². The third-order valence-electron chi connectivity index (χ3n) is 4.44. The fraction of sp³-hybridized carbons (Fsp3) is 0.600. The van der Waals surface area contributed by atoms with Crippen molar-refractivity contribution < 1.29 is 14.5 Å². The van der Waals surface area contributed by atoms with E-state index in [-0.39, 0.29) is 23.9 Å². The second kappa shape index (κ2) is 6.92. The van der Waals surface area contributed by atoms with Crippen LogP contribution in [0.25, 0.3) is 0 Å². The van der Waals surface area contributed by atoms with Gasteiger partial charge < -0.3 is 9.64 Å². The molecule has 3 saturated heterocycles. The number of fused-ring (bicyclic) bond motifs is 2. The summed E-state index contributed by atoms with van der Waals surface area (Å²) < 4.78 is 5.85. The first kappa shape index (κ1) is 16.9. The van der Waals surface area contributed by atoms with Gasteiger partial charge in [0.05, 0.1) is 23.6 Å². The lowest BCUT2D eigenvalue weighted by molar-refractivity contribution is -0.384. The Labute approximate surface area is 148 Å². The number of rotatable bonds is 5. The van der Waals surface area contributed by atoms with E-state index in [1.54, 1.807) is 11.1 Å². The molecule has 2 unspecified atom stereocenters. The summed E-state index contributed by atoms with van der Waals surface area (Å²) in [5.74, 6) is 0.358. The maximum Gasteiger partial charge on any atom is 0.410 e. The molecule has 2 bridgehead atoms. The van der Waals surface area contributed by atoms with Gasteiger partial charge in [0, 0.05) is 29.8 Å². The molecule has 24 heavy (non-hydrogen) atoms. The number of aromatic nitrogens is 1. The number of anilines is 1. The number of hydrogen-bond donors (Lipinski definition) is 0. The van der Waals surface area contributed by atoms with E-state index in [1.807, 2.05) is 11.8 Å². The third kappa shape index (κ3) is 3.17. The van der Waals surface area contributed by atoms with Gasteiger partial charge >= 0.3 is 11.8 Å². The van der Waals surface area contributed by atoms with Crippen molar-refractivity contribution in [3.63, 3.8) is 0 Å². The summed E-state index contributed by atoms with van der Waals surface area (Å²) in [5, 5.41) is 11.3. The molecule has 0 N–H and O–H groups in total. The lowest BCUT2D eigenvalue weighted by Gasteiger charge is -2.55. The number of pyridine rings is 1. The number of carbonyl (C=O) groups is 1. The lowest BCUT2D eigenvalue weighted by Crippen LogP contribution is -2.70. The van der Waals surface area contributed by atoms with Crippen LogP contribution in [0.5, 0.6) is 0 Å². The second-order valence-electron chi connectivity index (χ2n) is 6.08. The summed E-state index contributed by atoms with van der Waals surface area (Å²) in [4.78, 5) is 30.8. The van der Waals surface area contributed by atoms with E-state index in [2.05, 4.69) is 20.9 Å². The molecule has 0 spiro atoms. The Bertz CT molecular complexity index is 644. The first-order valence-electron chi connectivity index (χ1n) is 8.01. The molecule has 1 aromatic heterocycles. The summed E-state index contributed by atoms with van der Waals surface area (Å²) in [7, 11) is 0. The van der Waals surface area contributed by atoms with Crippen LogP contribution in [-0.2, 0) is 4.74 Å². The highest BCUT2D eigenvalue weighted by Gasteiger charge is 2.49. The number of unbranched alkanes of at least 4 members (excludes halogenated alkanes) is 1. The van der Waals surface area contributed by atoms with Crippen LogP contribution in [0.2, 0.25) is 0 Å². The molecule has 8 nitrogen and oxygen atoms in total. The fourth-order valence-corrected chi connectivity index (χ4v) is 3.58. The minimum atomic E-state index is -0.426. The zero-order valence-electron chi connectivity index (χ0n) is 13.4. The van der Waals surface area contributed by atoms with Crippen LogP contribution in [0.4, 0.5) is 16.3 Å². The van der Waals surface area contributed by atoms with Gasteiger partial charge in [-0.15, -0.1) is 0 Å². The van der Waals surface area contributed by atoms with Crippen LogP contribution in [0.3, 0.4) is 0 Å². The van der Waals surface area contributed by atoms with Crippen LogP contribution >= 0.6 is 15.9 Å². The topological polar surface area (TPSA) is 88.8 Å². The molecule has 3 fully saturated rings. The monoisotopic (exact) mass is 398 g/mol.